The fourth-order valence-corrected chi connectivity index (χ4v) is 9.34. The van der Waals surface area contributed by atoms with E-state index < -0.39 is 5.41 Å². The lowest BCUT2D eigenvalue weighted by atomic mass is 9.63. The lowest BCUT2D eigenvalue weighted by Crippen LogP contribution is -2.36. The summed E-state index contributed by atoms with van der Waals surface area (Å²) in [5.74, 6) is 0. The first kappa shape index (κ1) is 29.8. The van der Waals surface area contributed by atoms with Crippen LogP contribution in [0.25, 0.3) is 32.7 Å². The van der Waals surface area contributed by atoms with E-state index in [2.05, 4.69) is 216 Å². The number of nitrogens with zero attached hydrogens (tertiary/aromatic N) is 2. The number of benzene rings is 9. The number of hydrogen-bond acceptors (Lipinski definition) is 2. The number of fused-ring (bicyclic) bond motifs is 13. The first-order chi connectivity index (χ1) is 26.3. The predicted octanol–water partition coefficient (Wildman–Crippen LogP) is 13.6. The summed E-state index contributed by atoms with van der Waals surface area (Å²) in [6, 6.07) is 75.9. The van der Waals surface area contributed by atoms with Crippen molar-refractivity contribution in [1.82, 2.24) is 0 Å². The Bertz CT molecular complexity index is 2760. The number of rotatable bonds is 4. The van der Waals surface area contributed by atoms with Crippen LogP contribution in [-0.2, 0) is 5.41 Å². The van der Waals surface area contributed by atoms with Gasteiger partial charge in [0.2, 0.25) is 0 Å². The Balaban J connectivity index is 1.38. The number of anilines is 6. The molecule has 1 heterocycles. The molecule has 9 aromatic carbocycles. The molecule has 0 radical (unpaired) electrons. The fourth-order valence-electron chi connectivity index (χ4n) is 9.34. The molecule has 0 amide bonds. The van der Waals surface area contributed by atoms with Gasteiger partial charge in [0, 0.05) is 33.2 Å². The van der Waals surface area contributed by atoms with Crippen molar-refractivity contribution in [2.75, 3.05) is 9.80 Å². The van der Waals surface area contributed by atoms with E-state index in [1.165, 1.54) is 66.3 Å². The van der Waals surface area contributed by atoms with Gasteiger partial charge >= 0.3 is 0 Å². The van der Waals surface area contributed by atoms with E-state index in [0.717, 1.165) is 22.7 Å². The quantitative estimate of drug-likeness (QED) is 0.183. The maximum atomic E-state index is 2.56. The molecule has 0 aromatic heterocycles. The molecule has 0 bridgehead atoms. The second kappa shape index (κ2) is 11.6. The third-order valence-electron chi connectivity index (χ3n) is 11.4. The highest BCUT2D eigenvalue weighted by Gasteiger charge is 2.53. The van der Waals surface area contributed by atoms with Crippen LogP contribution in [-0.4, -0.2) is 0 Å². The molecule has 2 aliphatic rings. The lowest BCUT2D eigenvalue weighted by Gasteiger charge is -2.46. The Labute approximate surface area is 309 Å². The van der Waals surface area contributed by atoms with E-state index in [9.17, 15) is 0 Å². The van der Waals surface area contributed by atoms with E-state index in [1.54, 1.807) is 0 Å². The van der Waals surface area contributed by atoms with Gasteiger partial charge in [0.05, 0.1) is 22.5 Å². The number of hydrogen-bond donors (Lipinski definition) is 0. The largest absolute Gasteiger partial charge is 0.310 e. The van der Waals surface area contributed by atoms with Crippen LogP contribution in [0.1, 0.15) is 22.3 Å². The van der Waals surface area contributed by atoms with Crippen molar-refractivity contribution in [3.8, 4) is 11.1 Å². The van der Waals surface area contributed by atoms with Crippen LogP contribution < -0.4 is 9.80 Å². The van der Waals surface area contributed by atoms with E-state index in [-0.39, 0.29) is 0 Å². The first-order valence-electron chi connectivity index (χ1n) is 18.4. The SMILES string of the molecule is c1ccc(N(c2ccccc2)c2cc3c(c4ccccc24)N(c2ccccc2)c2c(ccc4ccccc24)C32c3ccccc3-c3ccccc32)cc1. The van der Waals surface area contributed by atoms with Crippen molar-refractivity contribution in [2.45, 2.75) is 5.41 Å². The molecule has 0 saturated carbocycles. The average molecular weight is 675 g/mol. The third kappa shape index (κ3) is 4.15. The van der Waals surface area contributed by atoms with Gasteiger partial charge in [0.1, 0.15) is 0 Å². The van der Waals surface area contributed by atoms with Crippen LogP contribution in [0.3, 0.4) is 0 Å². The van der Waals surface area contributed by atoms with Gasteiger partial charge in [-0.25, -0.2) is 0 Å². The standard InChI is InChI=1S/C51H34N2/c1-4-19-36(20-5-1)52(37-21-6-2-7-22-37)48-34-47-50(43-29-13-12-28-42(43)48)53(38-23-8-3-9-24-38)49-39-25-11-10-18-35(39)32-33-46(49)51(47)44-30-16-14-26-40(44)41-27-15-17-31-45(41)51/h1-34H. The molecule has 0 atom stereocenters. The fraction of sp³-hybridized carbons (Fsp3) is 0.0196. The predicted molar refractivity (Wildman–Crippen MR) is 222 cm³/mol. The molecule has 53 heavy (non-hydrogen) atoms. The minimum absolute atomic E-state index is 0.592. The summed E-state index contributed by atoms with van der Waals surface area (Å²) < 4.78 is 0. The van der Waals surface area contributed by atoms with Crippen LogP contribution in [0.5, 0.6) is 0 Å². The maximum Gasteiger partial charge on any atom is 0.0755 e. The monoisotopic (exact) mass is 674 g/mol. The Kier molecular flexibility index (Phi) is 6.50. The smallest absolute Gasteiger partial charge is 0.0755 e. The zero-order valence-corrected chi connectivity index (χ0v) is 29.0. The Morgan fingerprint density at radius 1 is 0.358 bits per heavy atom. The van der Waals surface area contributed by atoms with Crippen molar-refractivity contribution < 1.29 is 0 Å². The molecule has 11 rings (SSSR count). The zero-order chi connectivity index (χ0) is 34.9. The van der Waals surface area contributed by atoms with Gasteiger partial charge in [-0.3, -0.25) is 0 Å². The molecule has 0 unspecified atom stereocenters. The Morgan fingerprint density at radius 2 is 0.849 bits per heavy atom. The summed E-state index contributed by atoms with van der Waals surface area (Å²) in [5.41, 5.74) is 14.2. The molecule has 0 saturated heterocycles. The third-order valence-corrected chi connectivity index (χ3v) is 11.4. The summed E-state index contributed by atoms with van der Waals surface area (Å²) in [7, 11) is 0. The van der Waals surface area contributed by atoms with E-state index in [4.69, 9.17) is 0 Å². The summed E-state index contributed by atoms with van der Waals surface area (Å²) in [6.45, 7) is 0. The highest BCUT2D eigenvalue weighted by molar-refractivity contribution is 6.15. The minimum Gasteiger partial charge on any atom is -0.310 e. The van der Waals surface area contributed by atoms with E-state index in [0.29, 0.717) is 0 Å². The topological polar surface area (TPSA) is 6.48 Å². The molecule has 1 spiro atoms. The van der Waals surface area contributed by atoms with Crippen molar-refractivity contribution in [3.05, 3.63) is 229 Å². The van der Waals surface area contributed by atoms with Crippen LogP contribution >= 0.6 is 0 Å². The molecule has 1 aliphatic carbocycles. The summed E-state index contributed by atoms with van der Waals surface area (Å²) in [4.78, 5) is 5.00. The molecule has 0 N–H and O–H groups in total. The van der Waals surface area contributed by atoms with Gasteiger partial charge in [-0.2, -0.15) is 0 Å². The van der Waals surface area contributed by atoms with Crippen molar-refractivity contribution in [1.29, 1.82) is 0 Å². The minimum atomic E-state index is -0.592. The van der Waals surface area contributed by atoms with Crippen LogP contribution in [0.15, 0.2) is 206 Å². The number of para-hydroxylation sites is 3. The van der Waals surface area contributed by atoms with Gasteiger partial charge in [0.15, 0.2) is 0 Å². The maximum absolute atomic E-state index is 2.56. The van der Waals surface area contributed by atoms with Crippen LogP contribution in [0.2, 0.25) is 0 Å². The second-order valence-electron chi connectivity index (χ2n) is 14.0. The molecule has 9 aromatic rings. The molecule has 2 heteroatoms. The van der Waals surface area contributed by atoms with Crippen LogP contribution in [0.4, 0.5) is 34.1 Å². The normalized spacial score (nSPS) is 13.4. The van der Waals surface area contributed by atoms with Crippen molar-refractivity contribution in [2.24, 2.45) is 0 Å². The molecule has 1 aliphatic heterocycles. The highest BCUT2D eigenvalue weighted by atomic mass is 15.2. The zero-order valence-electron chi connectivity index (χ0n) is 29.0. The van der Waals surface area contributed by atoms with E-state index >= 15 is 0 Å². The summed E-state index contributed by atoms with van der Waals surface area (Å²) in [5, 5.41) is 4.87. The van der Waals surface area contributed by atoms with Gasteiger partial charge in [-0.1, -0.05) is 164 Å². The van der Waals surface area contributed by atoms with Gasteiger partial charge < -0.3 is 9.80 Å². The molecule has 248 valence electrons. The molecular formula is C51H34N2. The molecule has 0 fully saturated rings. The second-order valence-corrected chi connectivity index (χ2v) is 14.0. The Hall–Kier alpha value is -6.90. The summed E-state index contributed by atoms with van der Waals surface area (Å²) >= 11 is 0. The van der Waals surface area contributed by atoms with Crippen molar-refractivity contribution >= 4 is 55.7 Å². The molecular weight excluding hydrogens is 641 g/mol. The lowest BCUT2D eigenvalue weighted by molar-refractivity contribution is 0.756. The van der Waals surface area contributed by atoms with Crippen molar-refractivity contribution in [3.63, 3.8) is 0 Å². The van der Waals surface area contributed by atoms with Crippen LogP contribution in [0, 0.1) is 0 Å². The van der Waals surface area contributed by atoms with Gasteiger partial charge in [-0.15, -0.1) is 0 Å². The summed E-state index contributed by atoms with van der Waals surface area (Å²) in [6.07, 6.45) is 0. The van der Waals surface area contributed by atoms with Gasteiger partial charge in [-0.05, 0) is 81.2 Å². The average Bonchev–Trinajstić information content (AvgIpc) is 3.53. The Morgan fingerprint density at radius 3 is 1.49 bits per heavy atom. The molecule has 2 nitrogen and oxygen atoms in total. The van der Waals surface area contributed by atoms with Gasteiger partial charge in [0.25, 0.3) is 0 Å². The first-order valence-corrected chi connectivity index (χ1v) is 18.4. The van der Waals surface area contributed by atoms with E-state index in [1.807, 2.05) is 0 Å². The highest BCUT2D eigenvalue weighted by Crippen LogP contribution is 2.66.